The molecule has 19 heavy (non-hydrogen) atoms. The molecule has 1 atom stereocenters. The van der Waals surface area contributed by atoms with E-state index in [-0.39, 0.29) is 11.2 Å². The molecule has 1 aromatic heterocycles. The first-order chi connectivity index (χ1) is 9.16. The third kappa shape index (κ3) is 2.00. The zero-order chi connectivity index (χ0) is 13.4. The van der Waals surface area contributed by atoms with Crippen LogP contribution in [0.3, 0.4) is 0 Å². The molecular formula is C12H14N4O3. The highest BCUT2D eigenvalue weighted by atomic mass is 16.6. The normalized spacial score (nSPS) is 19.8. The van der Waals surface area contributed by atoms with Crippen LogP contribution in [0.2, 0.25) is 0 Å². The topological polar surface area (TPSA) is 85.3 Å². The van der Waals surface area contributed by atoms with Gasteiger partial charge >= 0.3 is 5.69 Å². The lowest BCUT2D eigenvalue weighted by Crippen LogP contribution is -2.34. The molecule has 2 aromatic rings. The Kier molecular flexibility index (Phi) is 2.81. The number of anilines is 1. The van der Waals surface area contributed by atoms with Gasteiger partial charge in [0.2, 0.25) is 5.52 Å². The second-order valence-electron chi connectivity index (χ2n) is 5.02. The highest BCUT2D eigenvalue weighted by molar-refractivity contribution is 5.91. The minimum Gasteiger partial charge on any atom is -0.366 e. The SMILES string of the molecule is CC1CCCN(c2ccc3nonc3c2[N+](=O)[O-])C1. The average Bonchev–Trinajstić information content (AvgIpc) is 2.85. The maximum absolute atomic E-state index is 11.3. The molecule has 2 heterocycles. The summed E-state index contributed by atoms with van der Waals surface area (Å²) in [4.78, 5) is 13.0. The largest absolute Gasteiger partial charge is 0.366 e. The van der Waals surface area contributed by atoms with Crippen LogP contribution in [-0.2, 0) is 0 Å². The summed E-state index contributed by atoms with van der Waals surface area (Å²) in [6.45, 7) is 3.83. The van der Waals surface area contributed by atoms with Crippen molar-refractivity contribution in [2.45, 2.75) is 19.8 Å². The molecule has 0 N–H and O–H groups in total. The van der Waals surface area contributed by atoms with Crippen LogP contribution in [0, 0.1) is 16.0 Å². The van der Waals surface area contributed by atoms with Crippen LogP contribution >= 0.6 is 0 Å². The molecule has 0 radical (unpaired) electrons. The van der Waals surface area contributed by atoms with E-state index < -0.39 is 4.92 Å². The van der Waals surface area contributed by atoms with Crippen LogP contribution in [0.25, 0.3) is 11.0 Å². The number of rotatable bonds is 2. The van der Waals surface area contributed by atoms with E-state index in [2.05, 4.69) is 26.8 Å². The van der Waals surface area contributed by atoms with Crippen LogP contribution in [-0.4, -0.2) is 28.3 Å². The van der Waals surface area contributed by atoms with E-state index in [0.29, 0.717) is 17.1 Å². The molecule has 0 amide bonds. The monoisotopic (exact) mass is 262 g/mol. The van der Waals surface area contributed by atoms with E-state index in [0.717, 1.165) is 25.9 Å². The number of hydrogen-bond donors (Lipinski definition) is 0. The Morgan fingerprint density at radius 1 is 1.47 bits per heavy atom. The molecule has 0 bridgehead atoms. The first-order valence-electron chi connectivity index (χ1n) is 6.31. The van der Waals surface area contributed by atoms with Gasteiger partial charge in [-0.2, -0.15) is 0 Å². The molecule has 1 aliphatic rings. The van der Waals surface area contributed by atoms with Gasteiger partial charge in [-0.25, -0.2) is 4.63 Å². The van der Waals surface area contributed by atoms with E-state index >= 15 is 0 Å². The molecular weight excluding hydrogens is 248 g/mol. The van der Waals surface area contributed by atoms with Crippen molar-refractivity contribution in [3.63, 3.8) is 0 Å². The molecule has 1 fully saturated rings. The van der Waals surface area contributed by atoms with Gasteiger partial charge in [0, 0.05) is 13.1 Å². The van der Waals surface area contributed by atoms with E-state index in [1.54, 1.807) is 12.1 Å². The van der Waals surface area contributed by atoms with Gasteiger partial charge in [0.1, 0.15) is 11.2 Å². The van der Waals surface area contributed by atoms with Crippen molar-refractivity contribution < 1.29 is 9.55 Å². The molecule has 1 aliphatic heterocycles. The Morgan fingerprint density at radius 3 is 3.05 bits per heavy atom. The van der Waals surface area contributed by atoms with Gasteiger partial charge in [0.25, 0.3) is 0 Å². The van der Waals surface area contributed by atoms with E-state index in [9.17, 15) is 10.1 Å². The van der Waals surface area contributed by atoms with Crippen molar-refractivity contribution in [1.82, 2.24) is 10.3 Å². The summed E-state index contributed by atoms with van der Waals surface area (Å²) in [5.41, 5.74) is 1.24. The van der Waals surface area contributed by atoms with Crippen LogP contribution in [0.4, 0.5) is 11.4 Å². The minimum atomic E-state index is -0.402. The predicted molar refractivity (Wildman–Crippen MR) is 69.1 cm³/mol. The number of nitro benzene ring substituents is 1. The second kappa shape index (κ2) is 4.49. The molecule has 7 nitrogen and oxygen atoms in total. The summed E-state index contributed by atoms with van der Waals surface area (Å²) in [5, 5.41) is 18.6. The molecule has 1 saturated heterocycles. The Hall–Kier alpha value is -2.18. The summed E-state index contributed by atoms with van der Waals surface area (Å²) in [6.07, 6.45) is 2.21. The lowest BCUT2D eigenvalue weighted by molar-refractivity contribution is -0.382. The number of nitro groups is 1. The van der Waals surface area contributed by atoms with Gasteiger partial charge in [0.15, 0.2) is 0 Å². The number of fused-ring (bicyclic) bond motifs is 1. The minimum absolute atomic E-state index is 0.00662. The second-order valence-corrected chi connectivity index (χ2v) is 5.02. The first kappa shape index (κ1) is 11.9. The number of nitrogens with zero attached hydrogens (tertiary/aromatic N) is 4. The van der Waals surface area contributed by atoms with Gasteiger partial charge in [-0.1, -0.05) is 6.92 Å². The summed E-state index contributed by atoms with van der Waals surface area (Å²) in [6, 6.07) is 3.45. The fraction of sp³-hybridized carbons (Fsp3) is 0.500. The van der Waals surface area contributed by atoms with Crippen molar-refractivity contribution in [3.8, 4) is 0 Å². The van der Waals surface area contributed by atoms with Crippen LogP contribution in [0.15, 0.2) is 16.8 Å². The zero-order valence-electron chi connectivity index (χ0n) is 10.6. The smallest absolute Gasteiger partial charge is 0.323 e. The standard InChI is InChI=1S/C12H14N4O3/c1-8-3-2-6-15(7-8)10-5-4-9-11(14-19-13-9)12(10)16(17)18/h4-5,8H,2-3,6-7H2,1H3. The van der Waals surface area contributed by atoms with Crippen molar-refractivity contribution in [2.75, 3.05) is 18.0 Å². The van der Waals surface area contributed by atoms with Crippen LogP contribution in [0.1, 0.15) is 19.8 Å². The predicted octanol–water partition coefficient (Wildman–Crippen LogP) is 2.37. The van der Waals surface area contributed by atoms with Crippen molar-refractivity contribution >= 4 is 22.4 Å². The summed E-state index contributed by atoms with van der Waals surface area (Å²) < 4.78 is 4.60. The summed E-state index contributed by atoms with van der Waals surface area (Å²) in [7, 11) is 0. The van der Waals surface area contributed by atoms with Crippen molar-refractivity contribution in [1.29, 1.82) is 0 Å². The Bertz CT molecular complexity index is 624. The number of benzene rings is 1. The van der Waals surface area contributed by atoms with Gasteiger partial charge in [-0.3, -0.25) is 10.1 Å². The molecule has 0 spiro atoms. The zero-order valence-corrected chi connectivity index (χ0v) is 10.6. The summed E-state index contributed by atoms with van der Waals surface area (Å²) >= 11 is 0. The average molecular weight is 262 g/mol. The lowest BCUT2D eigenvalue weighted by atomic mass is 9.99. The fourth-order valence-corrected chi connectivity index (χ4v) is 2.67. The highest BCUT2D eigenvalue weighted by Gasteiger charge is 2.28. The Balaban J connectivity index is 2.11. The molecule has 1 unspecified atom stereocenters. The van der Waals surface area contributed by atoms with Crippen LogP contribution in [0.5, 0.6) is 0 Å². The summed E-state index contributed by atoms with van der Waals surface area (Å²) in [5.74, 6) is 0.541. The van der Waals surface area contributed by atoms with E-state index in [1.807, 2.05) is 0 Å². The third-order valence-electron chi connectivity index (χ3n) is 3.56. The van der Waals surface area contributed by atoms with Gasteiger partial charge < -0.3 is 4.90 Å². The van der Waals surface area contributed by atoms with Crippen molar-refractivity contribution in [3.05, 3.63) is 22.2 Å². The number of piperidine rings is 1. The molecule has 1 aromatic carbocycles. The van der Waals surface area contributed by atoms with E-state index in [4.69, 9.17) is 0 Å². The van der Waals surface area contributed by atoms with Crippen LogP contribution < -0.4 is 4.90 Å². The third-order valence-corrected chi connectivity index (χ3v) is 3.56. The fourth-order valence-electron chi connectivity index (χ4n) is 2.67. The molecule has 0 saturated carbocycles. The Labute approximate surface area is 109 Å². The maximum atomic E-state index is 11.3. The number of aromatic nitrogens is 2. The molecule has 100 valence electrons. The quantitative estimate of drug-likeness (QED) is 0.610. The first-order valence-corrected chi connectivity index (χ1v) is 6.31. The van der Waals surface area contributed by atoms with E-state index in [1.165, 1.54) is 0 Å². The van der Waals surface area contributed by atoms with Gasteiger partial charge in [-0.05, 0) is 41.2 Å². The molecule has 0 aliphatic carbocycles. The highest BCUT2D eigenvalue weighted by Crippen LogP contribution is 2.36. The lowest BCUT2D eigenvalue weighted by Gasteiger charge is -2.32. The maximum Gasteiger partial charge on any atom is 0.323 e. The van der Waals surface area contributed by atoms with Gasteiger partial charge in [0.05, 0.1) is 4.92 Å². The molecule has 3 rings (SSSR count). The Morgan fingerprint density at radius 2 is 2.32 bits per heavy atom. The van der Waals surface area contributed by atoms with Crippen molar-refractivity contribution in [2.24, 2.45) is 5.92 Å². The van der Waals surface area contributed by atoms with Gasteiger partial charge in [-0.15, -0.1) is 0 Å². The molecule has 7 heteroatoms. The number of hydrogen-bond acceptors (Lipinski definition) is 6.